The van der Waals surface area contributed by atoms with E-state index in [-0.39, 0.29) is 16.9 Å². The largest absolute Gasteiger partial charge is 0.395 e. The van der Waals surface area contributed by atoms with Crippen LogP contribution >= 0.6 is 11.8 Å². The minimum absolute atomic E-state index is 0.0386. The van der Waals surface area contributed by atoms with Gasteiger partial charge < -0.3 is 5.11 Å². The molecular weight excluding hydrogens is 324 g/mol. The van der Waals surface area contributed by atoms with Crippen LogP contribution in [0.25, 0.3) is 5.69 Å². The number of rotatable bonds is 7. The lowest BCUT2D eigenvalue weighted by molar-refractivity contribution is 0.282. The van der Waals surface area contributed by atoms with Crippen molar-refractivity contribution in [3.63, 3.8) is 0 Å². The Bertz CT molecular complexity index is 699. The second-order valence-corrected chi connectivity index (χ2v) is 7.42. The van der Waals surface area contributed by atoms with E-state index in [2.05, 4.69) is 15.0 Å². The Hall–Kier alpha value is -1.42. The molecule has 1 aromatic carbocycles. The number of hydrogen-bond acceptors (Lipinski definition) is 6. The molecule has 2 atom stereocenters. The number of aromatic nitrogens is 3. The quantitative estimate of drug-likeness (QED) is 0.767. The van der Waals surface area contributed by atoms with Crippen LogP contribution in [0.5, 0.6) is 0 Å². The van der Waals surface area contributed by atoms with Crippen LogP contribution in [0.15, 0.2) is 41.6 Å². The number of sulfonamides is 1. The maximum atomic E-state index is 12.5. The summed E-state index contributed by atoms with van der Waals surface area (Å²) in [7, 11) is -3.80. The first-order valence-corrected chi connectivity index (χ1v) is 9.39. The van der Waals surface area contributed by atoms with E-state index in [0.29, 0.717) is 5.69 Å². The molecule has 22 heavy (non-hydrogen) atoms. The summed E-state index contributed by atoms with van der Waals surface area (Å²) in [6, 6.07) is 8.48. The topological polar surface area (TPSA) is 97.1 Å². The first-order chi connectivity index (χ1) is 10.5. The van der Waals surface area contributed by atoms with Gasteiger partial charge in [0.15, 0.2) is 5.03 Å². The summed E-state index contributed by atoms with van der Waals surface area (Å²) in [5.41, 5.74) is 0.608. The molecular formula is C13H18N4O3S2. The first kappa shape index (κ1) is 16.9. The van der Waals surface area contributed by atoms with Gasteiger partial charge in [-0.3, -0.25) is 0 Å². The van der Waals surface area contributed by atoms with E-state index in [1.807, 2.05) is 12.3 Å². The standard InChI is InChI=1S/C13H18N4O3S2/c1-10(12(9-18)21-2)15-22(19,20)13-8-14-16-17(13)11-6-4-3-5-7-11/h3-8,10,12,15,18H,9H2,1-2H3/t10-,12-/m0/s1. The second-order valence-electron chi connectivity index (χ2n) is 4.69. The van der Waals surface area contributed by atoms with E-state index >= 15 is 0 Å². The third-order valence-electron chi connectivity index (χ3n) is 3.18. The van der Waals surface area contributed by atoms with E-state index in [0.717, 1.165) is 0 Å². The fraction of sp³-hybridized carbons (Fsp3) is 0.385. The Morgan fingerprint density at radius 3 is 2.64 bits per heavy atom. The number of nitrogens with one attached hydrogen (secondary N) is 1. The zero-order valence-electron chi connectivity index (χ0n) is 12.2. The van der Waals surface area contributed by atoms with E-state index in [1.165, 1.54) is 22.6 Å². The Labute approximate surface area is 133 Å². The average Bonchev–Trinajstić information content (AvgIpc) is 2.99. The maximum absolute atomic E-state index is 12.5. The molecule has 0 aliphatic heterocycles. The minimum atomic E-state index is -3.80. The molecule has 0 spiro atoms. The Morgan fingerprint density at radius 1 is 1.36 bits per heavy atom. The number of aliphatic hydroxyl groups excluding tert-OH is 1. The molecule has 0 saturated heterocycles. The van der Waals surface area contributed by atoms with Crippen LogP contribution in [-0.2, 0) is 10.0 Å². The van der Waals surface area contributed by atoms with Gasteiger partial charge in [-0.1, -0.05) is 23.4 Å². The summed E-state index contributed by atoms with van der Waals surface area (Å²) in [5, 5.41) is 16.5. The van der Waals surface area contributed by atoms with E-state index in [1.54, 1.807) is 31.2 Å². The Balaban J connectivity index is 2.30. The molecule has 1 aromatic heterocycles. The number of thioether (sulfide) groups is 1. The van der Waals surface area contributed by atoms with Gasteiger partial charge in [0, 0.05) is 11.3 Å². The number of aliphatic hydroxyl groups is 1. The van der Waals surface area contributed by atoms with Crippen molar-refractivity contribution in [3.8, 4) is 5.69 Å². The highest BCUT2D eigenvalue weighted by atomic mass is 32.2. The van der Waals surface area contributed by atoms with Crippen LogP contribution in [0.3, 0.4) is 0 Å². The molecule has 2 rings (SSSR count). The molecule has 9 heteroatoms. The minimum Gasteiger partial charge on any atom is -0.395 e. The molecule has 0 unspecified atom stereocenters. The smallest absolute Gasteiger partial charge is 0.260 e. The van der Waals surface area contributed by atoms with E-state index < -0.39 is 16.1 Å². The van der Waals surface area contributed by atoms with Gasteiger partial charge in [0.2, 0.25) is 0 Å². The molecule has 0 amide bonds. The van der Waals surface area contributed by atoms with Gasteiger partial charge in [-0.05, 0) is 25.3 Å². The van der Waals surface area contributed by atoms with Gasteiger partial charge in [0.25, 0.3) is 10.0 Å². The normalized spacial score (nSPS) is 14.7. The summed E-state index contributed by atoms with van der Waals surface area (Å²) in [4.78, 5) is 0. The van der Waals surface area contributed by atoms with Gasteiger partial charge in [0.1, 0.15) is 0 Å². The zero-order valence-corrected chi connectivity index (χ0v) is 13.9. The lowest BCUT2D eigenvalue weighted by Gasteiger charge is -2.21. The summed E-state index contributed by atoms with van der Waals surface area (Å²) < 4.78 is 28.9. The van der Waals surface area contributed by atoms with Crippen molar-refractivity contribution in [3.05, 3.63) is 36.5 Å². The lowest BCUT2D eigenvalue weighted by Crippen LogP contribution is -2.41. The van der Waals surface area contributed by atoms with Crippen molar-refractivity contribution >= 4 is 21.8 Å². The average molecular weight is 342 g/mol. The van der Waals surface area contributed by atoms with Gasteiger partial charge in [-0.2, -0.15) is 11.8 Å². The van der Waals surface area contributed by atoms with Gasteiger partial charge in [-0.15, -0.1) is 5.10 Å². The van der Waals surface area contributed by atoms with Crippen LogP contribution in [0, 0.1) is 0 Å². The zero-order chi connectivity index (χ0) is 16.2. The van der Waals surface area contributed by atoms with Crippen LogP contribution in [0.4, 0.5) is 0 Å². The SMILES string of the molecule is CS[C@@H](CO)[C@H](C)NS(=O)(=O)c1cnnn1-c1ccccc1. The molecule has 2 N–H and O–H groups in total. The number of nitrogens with zero attached hydrogens (tertiary/aromatic N) is 3. The molecule has 0 bridgehead atoms. The molecule has 0 aliphatic rings. The van der Waals surface area contributed by atoms with Crippen molar-refractivity contribution in [2.24, 2.45) is 0 Å². The first-order valence-electron chi connectivity index (χ1n) is 6.61. The summed E-state index contributed by atoms with van der Waals surface area (Å²) >= 11 is 1.40. The predicted octanol–water partition coefficient (Wildman–Crippen LogP) is 0.658. The molecule has 0 saturated carbocycles. The van der Waals surface area contributed by atoms with Crippen LogP contribution in [0.1, 0.15) is 6.92 Å². The molecule has 120 valence electrons. The third-order valence-corrected chi connectivity index (χ3v) is 5.85. The Morgan fingerprint density at radius 2 is 2.05 bits per heavy atom. The molecule has 2 aromatic rings. The third kappa shape index (κ3) is 3.67. The van der Waals surface area contributed by atoms with Crippen LogP contribution in [-0.4, -0.2) is 52.7 Å². The maximum Gasteiger partial charge on any atom is 0.260 e. The highest BCUT2D eigenvalue weighted by molar-refractivity contribution is 7.99. The summed E-state index contributed by atoms with van der Waals surface area (Å²) in [6.45, 7) is 1.60. The van der Waals surface area contributed by atoms with E-state index in [9.17, 15) is 13.5 Å². The van der Waals surface area contributed by atoms with Crippen molar-refractivity contribution in [1.29, 1.82) is 0 Å². The summed E-state index contributed by atoms with van der Waals surface area (Å²) in [5.74, 6) is 0. The second kappa shape index (κ2) is 7.23. The summed E-state index contributed by atoms with van der Waals surface area (Å²) in [6.07, 6.45) is 3.02. The van der Waals surface area contributed by atoms with Crippen molar-refractivity contribution in [2.75, 3.05) is 12.9 Å². The van der Waals surface area contributed by atoms with Gasteiger partial charge in [-0.25, -0.2) is 17.8 Å². The van der Waals surface area contributed by atoms with E-state index in [4.69, 9.17) is 0 Å². The number of hydrogen-bond donors (Lipinski definition) is 2. The Kier molecular flexibility index (Phi) is 5.57. The van der Waals surface area contributed by atoms with Crippen molar-refractivity contribution in [1.82, 2.24) is 19.7 Å². The number of para-hydroxylation sites is 1. The monoisotopic (exact) mass is 342 g/mol. The lowest BCUT2D eigenvalue weighted by atomic mass is 10.3. The number of benzene rings is 1. The fourth-order valence-electron chi connectivity index (χ4n) is 1.97. The predicted molar refractivity (Wildman–Crippen MR) is 85.5 cm³/mol. The molecule has 0 fully saturated rings. The molecule has 0 radical (unpaired) electrons. The van der Waals surface area contributed by atoms with Gasteiger partial charge in [0.05, 0.1) is 18.5 Å². The van der Waals surface area contributed by atoms with Crippen LogP contribution in [0.2, 0.25) is 0 Å². The highest BCUT2D eigenvalue weighted by Gasteiger charge is 2.26. The highest BCUT2D eigenvalue weighted by Crippen LogP contribution is 2.16. The fourth-order valence-corrected chi connectivity index (χ4v) is 4.02. The van der Waals surface area contributed by atoms with Gasteiger partial charge >= 0.3 is 0 Å². The molecule has 0 aliphatic carbocycles. The molecule has 1 heterocycles. The van der Waals surface area contributed by atoms with Crippen molar-refractivity contribution in [2.45, 2.75) is 23.2 Å². The molecule has 7 nitrogen and oxygen atoms in total. The van der Waals surface area contributed by atoms with Crippen LogP contribution < -0.4 is 4.72 Å². The van der Waals surface area contributed by atoms with Crippen molar-refractivity contribution < 1.29 is 13.5 Å².